The van der Waals surface area contributed by atoms with Gasteiger partial charge in [-0.15, -0.1) is 0 Å². The molecule has 1 N–H and O–H groups in total. The fourth-order valence-corrected chi connectivity index (χ4v) is 1.85. The zero-order valence-corrected chi connectivity index (χ0v) is 11.7. The Kier molecular flexibility index (Phi) is 5.12. The van der Waals surface area contributed by atoms with Crippen LogP contribution in [0.1, 0.15) is 15.9 Å². The first kappa shape index (κ1) is 14.8. The van der Waals surface area contributed by atoms with Crippen LogP contribution in [0, 0.1) is 0 Å². The zero-order chi connectivity index (χ0) is 15.1. The van der Waals surface area contributed by atoms with Crippen molar-refractivity contribution in [3.63, 3.8) is 0 Å². The number of hydrogen-bond donors (Lipinski definition) is 1. The molecule has 0 heterocycles. The lowest BCUT2D eigenvalue weighted by Gasteiger charge is -2.07. The molecule has 0 aliphatic rings. The number of benzene rings is 2. The van der Waals surface area contributed by atoms with Crippen molar-refractivity contribution >= 4 is 17.7 Å². The molecule has 0 spiro atoms. The summed E-state index contributed by atoms with van der Waals surface area (Å²) < 4.78 is 5.06. The van der Waals surface area contributed by atoms with Crippen molar-refractivity contribution in [2.24, 2.45) is 0 Å². The Labute approximate surface area is 123 Å². The molecule has 0 atom stereocenters. The number of carbonyl (C=O) groups excluding carboxylic acids is 1. The summed E-state index contributed by atoms with van der Waals surface area (Å²) in [4.78, 5) is 12.1. The molecule has 4 heteroatoms. The first-order chi connectivity index (χ1) is 10.2. The Hall–Kier alpha value is -2.59. The molecular weight excluding hydrogens is 266 g/mol. The van der Waals surface area contributed by atoms with Crippen molar-refractivity contribution < 1.29 is 14.6 Å². The number of carbonyl (C=O) groups is 1. The van der Waals surface area contributed by atoms with Crippen LogP contribution < -0.4 is 10.1 Å². The Morgan fingerprint density at radius 3 is 2.62 bits per heavy atom. The molecule has 2 aromatic carbocycles. The normalized spacial score (nSPS) is 10.6. The van der Waals surface area contributed by atoms with E-state index in [4.69, 9.17) is 4.74 Å². The summed E-state index contributed by atoms with van der Waals surface area (Å²) in [5.41, 5.74) is 2.11. The minimum absolute atomic E-state index is 0.192. The summed E-state index contributed by atoms with van der Waals surface area (Å²) in [6.45, 7) is -0.261. The number of rotatable bonds is 5. The van der Waals surface area contributed by atoms with E-state index in [9.17, 15) is 9.90 Å². The highest BCUT2D eigenvalue weighted by molar-refractivity contribution is 6.04. The van der Waals surface area contributed by atoms with Gasteiger partial charge in [0, 0.05) is 11.3 Å². The van der Waals surface area contributed by atoms with E-state index in [1.165, 1.54) is 6.08 Å². The maximum absolute atomic E-state index is 12.1. The zero-order valence-electron chi connectivity index (χ0n) is 11.7. The highest BCUT2D eigenvalue weighted by Crippen LogP contribution is 2.15. The summed E-state index contributed by atoms with van der Waals surface area (Å²) in [6, 6.07) is 14.2. The number of nitrogens with one attached hydrogen (secondary N) is 1. The van der Waals surface area contributed by atoms with E-state index < -0.39 is 0 Å². The van der Waals surface area contributed by atoms with Gasteiger partial charge < -0.3 is 10.1 Å². The minimum Gasteiger partial charge on any atom is -0.497 e. The molecule has 0 unspecified atom stereocenters. The molecule has 0 fully saturated rings. The second kappa shape index (κ2) is 7.26. The van der Waals surface area contributed by atoms with Gasteiger partial charge >= 0.3 is 0 Å². The van der Waals surface area contributed by atoms with E-state index in [1.807, 2.05) is 18.2 Å². The monoisotopic (exact) mass is 282 g/mol. The molecule has 4 nitrogen and oxygen atoms in total. The average Bonchev–Trinajstić information content (AvgIpc) is 2.53. The Balaban J connectivity index is 2.09. The molecule has 107 valence electrons. The van der Waals surface area contributed by atoms with E-state index in [0.717, 1.165) is 5.56 Å². The van der Waals surface area contributed by atoms with Crippen LogP contribution in [0.25, 0.3) is 6.08 Å². The molecule has 1 amide bonds. The highest BCUT2D eigenvalue weighted by Gasteiger charge is 2.06. The molecule has 1 radical (unpaired) electrons. The van der Waals surface area contributed by atoms with Crippen LogP contribution in [0.5, 0.6) is 5.75 Å². The van der Waals surface area contributed by atoms with Crippen LogP contribution >= 0.6 is 0 Å². The predicted octanol–water partition coefficient (Wildman–Crippen LogP) is 3.39. The van der Waals surface area contributed by atoms with Gasteiger partial charge in [0.05, 0.1) is 7.11 Å². The smallest absolute Gasteiger partial charge is 0.255 e. The van der Waals surface area contributed by atoms with Crippen molar-refractivity contribution in [2.75, 3.05) is 19.0 Å². The fourth-order valence-electron chi connectivity index (χ4n) is 1.85. The van der Waals surface area contributed by atoms with Crippen molar-refractivity contribution in [2.45, 2.75) is 0 Å². The molecule has 0 saturated heterocycles. The molecule has 2 aromatic rings. The fraction of sp³-hybridized carbons (Fsp3) is 0.118. The van der Waals surface area contributed by atoms with Gasteiger partial charge in [-0.05, 0) is 42.0 Å². The topological polar surface area (TPSA) is 58.2 Å². The third-order valence-corrected chi connectivity index (χ3v) is 2.90. The molecular formula is C17H16NO3. The molecule has 21 heavy (non-hydrogen) atoms. The van der Waals surface area contributed by atoms with Crippen molar-refractivity contribution in [1.82, 2.24) is 0 Å². The SMILES string of the molecule is COc1ccc(C(=O)Nc2cccc(/C=C/C[O])c2)cc1. The van der Waals surface area contributed by atoms with E-state index in [-0.39, 0.29) is 12.5 Å². The molecule has 0 saturated carbocycles. The summed E-state index contributed by atoms with van der Waals surface area (Å²) in [5.74, 6) is 0.513. The van der Waals surface area contributed by atoms with Crippen LogP contribution in [0.3, 0.4) is 0 Å². The first-order valence-electron chi connectivity index (χ1n) is 6.53. The van der Waals surface area contributed by atoms with E-state index in [2.05, 4.69) is 5.32 Å². The third kappa shape index (κ3) is 4.19. The largest absolute Gasteiger partial charge is 0.497 e. The van der Waals surface area contributed by atoms with Gasteiger partial charge in [0.25, 0.3) is 5.91 Å². The first-order valence-corrected chi connectivity index (χ1v) is 6.53. The standard InChI is InChI=1S/C17H16NO3/c1-21-16-9-7-14(8-10-16)17(20)18-15-6-2-4-13(12-15)5-3-11-19/h2-10,12H,11H2,1H3,(H,18,20)/b5-3+. The van der Waals surface area contributed by atoms with Crippen molar-refractivity contribution in [3.8, 4) is 5.75 Å². The van der Waals surface area contributed by atoms with Crippen LogP contribution in [-0.4, -0.2) is 19.6 Å². The molecule has 2 rings (SSSR count). The number of amides is 1. The lowest BCUT2D eigenvalue weighted by molar-refractivity contribution is 0.102. The van der Waals surface area contributed by atoms with Crippen molar-refractivity contribution in [1.29, 1.82) is 0 Å². The molecule has 0 aliphatic carbocycles. The predicted molar refractivity (Wildman–Crippen MR) is 82.0 cm³/mol. The maximum atomic E-state index is 12.1. The summed E-state index contributed by atoms with van der Waals surface area (Å²) in [5, 5.41) is 13.3. The molecule has 0 aromatic heterocycles. The van der Waals surface area contributed by atoms with Crippen LogP contribution in [0.4, 0.5) is 5.69 Å². The van der Waals surface area contributed by atoms with E-state index in [0.29, 0.717) is 17.0 Å². The van der Waals surface area contributed by atoms with Gasteiger partial charge in [-0.1, -0.05) is 24.3 Å². The van der Waals surface area contributed by atoms with Crippen LogP contribution in [0.2, 0.25) is 0 Å². The lowest BCUT2D eigenvalue weighted by Crippen LogP contribution is -2.11. The number of anilines is 1. The molecule has 0 bridgehead atoms. The maximum Gasteiger partial charge on any atom is 0.255 e. The number of methoxy groups -OCH3 is 1. The minimum atomic E-state index is -0.261. The third-order valence-electron chi connectivity index (χ3n) is 2.90. The highest BCUT2D eigenvalue weighted by atomic mass is 16.5. The van der Waals surface area contributed by atoms with Gasteiger partial charge in [-0.3, -0.25) is 4.79 Å². The van der Waals surface area contributed by atoms with Crippen molar-refractivity contribution in [3.05, 3.63) is 65.7 Å². The second-order valence-electron chi connectivity index (χ2n) is 4.38. The Morgan fingerprint density at radius 2 is 1.95 bits per heavy atom. The van der Waals surface area contributed by atoms with Gasteiger partial charge in [-0.25, -0.2) is 5.11 Å². The summed E-state index contributed by atoms with van der Waals surface area (Å²) in [6.07, 6.45) is 3.26. The van der Waals surface area contributed by atoms with Gasteiger partial charge in [0.1, 0.15) is 12.4 Å². The average molecular weight is 282 g/mol. The summed E-state index contributed by atoms with van der Waals surface area (Å²) in [7, 11) is 1.58. The van der Waals surface area contributed by atoms with Gasteiger partial charge in [0.2, 0.25) is 0 Å². The second-order valence-corrected chi connectivity index (χ2v) is 4.38. The Morgan fingerprint density at radius 1 is 1.19 bits per heavy atom. The van der Waals surface area contributed by atoms with Gasteiger partial charge in [0.15, 0.2) is 0 Å². The van der Waals surface area contributed by atoms with E-state index >= 15 is 0 Å². The number of hydrogen-bond acceptors (Lipinski definition) is 2. The quantitative estimate of drug-likeness (QED) is 0.913. The number of ether oxygens (including phenoxy) is 1. The lowest BCUT2D eigenvalue weighted by atomic mass is 10.1. The molecule has 0 aliphatic heterocycles. The van der Waals surface area contributed by atoms with Gasteiger partial charge in [-0.2, -0.15) is 0 Å². The van der Waals surface area contributed by atoms with Crippen LogP contribution in [-0.2, 0) is 5.11 Å². The Bertz CT molecular complexity index is 633. The van der Waals surface area contributed by atoms with E-state index in [1.54, 1.807) is 43.5 Å². The van der Waals surface area contributed by atoms with Crippen LogP contribution in [0.15, 0.2) is 54.6 Å². The summed E-state index contributed by atoms with van der Waals surface area (Å²) >= 11 is 0.